The predicted molar refractivity (Wildman–Crippen MR) is 81.5 cm³/mol. The number of carbonyl (C=O) groups is 1. The molecule has 0 aliphatic carbocycles. The van der Waals surface area contributed by atoms with Crippen molar-refractivity contribution in [3.8, 4) is 0 Å². The number of amides is 1. The number of likely N-dealkylation sites (N-methyl/N-ethyl adjacent to an activating group) is 1. The predicted octanol–water partition coefficient (Wildman–Crippen LogP) is 2.92. The minimum absolute atomic E-state index is 0.170. The molecule has 1 saturated heterocycles. The summed E-state index contributed by atoms with van der Waals surface area (Å²) in [5.74, 6) is 0.170. The van der Waals surface area contributed by atoms with Crippen LogP contribution in [0.5, 0.6) is 0 Å². The van der Waals surface area contributed by atoms with Crippen molar-refractivity contribution in [2.75, 3.05) is 27.2 Å². The number of aryl methyl sites for hydroxylation is 1. The van der Waals surface area contributed by atoms with Crippen molar-refractivity contribution in [2.45, 2.75) is 25.8 Å². The molecule has 4 heteroatoms. The van der Waals surface area contributed by atoms with Gasteiger partial charge in [-0.3, -0.25) is 4.79 Å². The van der Waals surface area contributed by atoms with E-state index in [4.69, 9.17) is 0 Å². The lowest BCUT2D eigenvalue weighted by molar-refractivity contribution is 0.0715. The molecule has 19 heavy (non-hydrogen) atoms. The van der Waals surface area contributed by atoms with Gasteiger partial charge in [0.15, 0.2) is 0 Å². The Morgan fingerprint density at radius 2 is 2.21 bits per heavy atom. The standard InChI is InChI=1S/C15H21BrN2O/c1-11-6-7-12(16)9-14(11)15(19)18-8-4-5-13(18)10-17(2)3/h6-7,9,13H,4-5,8,10H2,1-3H3. The fourth-order valence-electron chi connectivity index (χ4n) is 2.69. The molecule has 3 nitrogen and oxygen atoms in total. The smallest absolute Gasteiger partial charge is 0.254 e. The van der Waals surface area contributed by atoms with Crippen LogP contribution in [0.3, 0.4) is 0 Å². The number of hydrogen-bond donors (Lipinski definition) is 0. The lowest BCUT2D eigenvalue weighted by Crippen LogP contribution is -2.41. The van der Waals surface area contributed by atoms with Gasteiger partial charge in [0, 0.05) is 29.2 Å². The van der Waals surface area contributed by atoms with Crippen molar-refractivity contribution in [1.82, 2.24) is 9.80 Å². The number of hydrogen-bond acceptors (Lipinski definition) is 2. The lowest BCUT2D eigenvalue weighted by Gasteiger charge is -2.27. The van der Waals surface area contributed by atoms with E-state index < -0.39 is 0 Å². The van der Waals surface area contributed by atoms with Gasteiger partial charge in [-0.15, -0.1) is 0 Å². The minimum Gasteiger partial charge on any atom is -0.334 e. The number of carbonyl (C=O) groups excluding carboxylic acids is 1. The Labute approximate surface area is 123 Å². The van der Waals surface area contributed by atoms with Gasteiger partial charge in [-0.2, -0.15) is 0 Å². The molecule has 1 fully saturated rings. The maximum atomic E-state index is 12.7. The van der Waals surface area contributed by atoms with Gasteiger partial charge < -0.3 is 9.80 Å². The average molecular weight is 325 g/mol. The molecular formula is C15H21BrN2O. The van der Waals surface area contributed by atoms with E-state index in [1.54, 1.807) is 0 Å². The summed E-state index contributed by atoms with van der Waals surface area (Å²) >= 11 is 3.45. The maximum Gasteiger partial charge on any atom is 0.254 e. The molecule has 0 N–H and O–H groups in total. The van der Waals surface area contributed by atoms with E-state index in [1.165, 1.54) is 0 Å². The van der Waals surface area contributed by atoms with Gasteiger partial charge in [-0.05, 0) is 51.6 Å². The van der Waals surface area contributed by atoms with E-state index >= 15 is 0 Å². The van der Waals surface area contributed by atoms with Gasteiger partial charge >= 0.3 is 0 Å². The van der Waals surface area contributed by atoms with Crippen molar-refractivity contribution in [3.63, 3.8) is 0 Å². The molecule has 104 valence electrons. The summed E-state index contributed by atoms with van der Waals surface area (Å²) in [4.78, 5) is 16.9. The normalized spacial score (nSPS) is 19.2. The number of likely N-dealkylation sites (tertiary alicyclic amines) is 1. The van der Waals surface area contributed by atoms with E-state index in [0.717, 1.165) is 41.5 Å². The van der Waals surface area contributed by atoms with Crippen molar-refractivity contribution in [1.29, 1.82) is 0 Å². The van der Waals surface area contributed by atoms with Crippen LogP contribution in [0.2, 0.25) is 0 Å². The highest BCUT2D eigenvalue weighted by atomic mass is 79.9. The molecule has 1 aliphatic rings. The van der Waals surface area contributed by atoms with Crippen molar-refractivity contribution >= 4 is 21.8 Å². The first kappa shape index (κ1) is 14.5. The van der Waals surface area contributed by atoms with Gasteiger partial charge in [0.2, 0.25) is 0 Å². The Balaban J connectivity index is 2.20. The SMILES string of the molecule is Cc1ccc(Br)cc1C(=O)N1CCCC1CN(C)C. The molecule has 1 amide bonds. The lowest BCUT2D eigenvalue weighted by atomic mass is 10.1. The third-order valence-corrected chi connectivity index (χ3v) is 4.14. The largest absolute Gasteiger partial charge is 0.334 e. The average Bonchev–Trinajstić information content (AvgIpc) is 2.78. The fraction of sp³-hybridized carbons (Fsp3) is 0.533. The molecule has 1 aliphatic heterocycles. The second-order valence-corrected chi connectivity index (χ2v) is 6.43. The number of benzene rings is 1. The summed E-state index contributed by atoms with van der Waals surface area (Å²) in [5, 5.41) is 0. The Bertz CT molecular complexity index is 473. The summed E-state index contributed by atoms with van der Waals surface area (Å²) in [6.45, 7) is 3.82. The zero-order chi connectivity index (χ0) is 14.0. The Hall–Kier alpha value is -0.870. The molecule has 1 aromatic rings. The third-order valence-electron chi connectivity index (χ3n) is 3.64. The van der Waals surface area contributed by atoms with E-state index in [0.29, 0.717) is 6.04 Å². The minimum atomic E-state index is 0.170. The Morgan fingerprint density at radius 1 is 1.47 bits per heavy atom. The van der Waals surface area contributed by atoms with Crippen LogP contribution in [0, 0.1) is 6.92 Å². The summed E-state index contributed by atoms with van der Waals surface area (Å²) in [6.07, 6.45) is 2.22. The van der Waals surface area contributed by atoms with Gasteiger partial charge in [-0.1, -0.05) is 22.0 Å². The highest BCUT2D eigenvalue weighted by Crippen LogP contribution is 2.23. The van der Waals surface area contributed by atoms with Crippen LogP contribution in [0.15, 0.2) is 22.7 Å². The molecule has 0 bridgehead atoms. The summed E-state index contributed by atoms with van der Waals surface area (Å²) < 4.78 is 0.963. The highest BCUT2D eigenvalue weighted by Gasteiger charge is 2.30. The Morgan fingerprint density at radius 3 is 2.89 bits per heavy atom. The highest BCUT2D eigenvalue weighted by molar-refractivity contribution is 9.10. The number of rotatable bonds is 3. The van der Waals surface area contributed by atoms with Gasteiger partial charge in [-0.25, -0.2) is 0 Å². The van der Waals surface area contributed by atoms with Crippen LogP contribution < -0.4 is 0 Å². The van der Waals surface area contributed by atoms with Crippen LogP contribution in [0.25, 0.3) is 0 Å². The van der Waals surface area contributed by atoms with Gasteiger partial charge in [0.25, 0.3) is 5.91 Å². The molecule has 0 radical (unpaired) electrons. The van der Waals surface area contributed by atoms with Crippen LogP contribution >= 0.6 is 15.9 Å². The summed E-state index contributed by atoms with van der Waals surface area (Å²) in [6, 6.07) is 6.26. The third kappa shape index (κ3) is 3.37. The van der Waals surface area contributed by atoms with Crippen molar-refractivity contribution in [2.24, 2.45) is 0 Å². The van der Waals surface area contributed by atoms with Gasteiger partial charge in [0.1, 0.15) is 0 Å². The molecule has 0 saturated carbocycles. The zero-order valence-corrected chi connectivity index (χ0v) is 13.4. The molecule has 1 aromatic carbocycles. The maximum absolute atomic E-state index is 12.7. The molecule has 2 rings (SSSR count). The number of halogens is 1. The first-order chi connectivity index (χ1) is 8.99. The van der Waals surface area contributed by atoms with E-state index in [2.05, 4.69) is 34.9 Å². The number of nitrogens with zero attached hydrogens (tertiary/aromatic N) is 2. The van der Waals surface area contributed by atoms with Crippen molar-refractivity contribution in [3.05, 3.63) is 33.8 Å². The van der Waals surface area contributed by atoms with Crippen molar-refractivity contribution < 1.29 is 4.79 Å². The summed E-state index contributed by atoms with van der Waals surface area (Å²) in [5.41, 5.74) is 1.86. The molecule has 1 atom stereocenters. The second-order valence-electron chi connectivity index (χ2n) is 5.52. The molecule has 0 spiro atoms. The monoisotopic (exact) mass is 324 g/mol. The quantitative estimate of drug-likeness (QED) is 0.853. The second kappa shape index (κ2) is 6.06. The first-order valence-corrected chi connectivity index (χ1v) is 7.50. The molecular weight excluding hydrogens is 304 g/mol. The van der Waals surface area contributed by atoms with Crippen LogP contribution in [-0.4, -0.2) is 48.9 Å². The van der Waals surface area contributed by atoms with E-state index in [-0.39, 0.29) is 5.91 Å². The van der Waals surface area contributed by atoms with Crippen LogP contribution in [0.4, 0.5) is 0 Å². The molecule has 1 unspecified atom stereocenters. The Kier molecular flexibility index (Phi) is 4.63. The molecule has 1 heterocycles. The van der Waals surface area contributed by atoms with E-state index in [9.17, 15) is 4.79 Å². The van der Waals surface area contributed by atoms with Gasteiger partial charge in [0.05, 0.1) is 0 Å². The van der Waals surface area contributed by atoms with Crippen LogP contribution in [0.1, 0.15) is 28.8 Å². The topological polar surface area (TPSA) is 23.6 Å². The first-order valence-electron chi connectivity index (χ1n) is 6.71. The van der Waals surface area contributed by atoms with Crippen LogP contribution in [-0.2, 0) is 0 Å². The summed E-state index contributed by atoms with van der Waals surface area (Å²) in [7, 11) is 4.12. The van der Waals surface area contributed by atoms with E-state index in [1.807, 2.05) is 30.0 Å². The fourth-order valence-corrected chi connectivity index (χ4v) is 3.05. The molecule has 0 aromatic heterocycles. The zero-order valence-electron chi connectivity index (χ0n) is 11.8.